The van der Waals surface area contributed by atoms with Crippen LogP contribution in [0.4, 0.5) is 9.18 Å². The average molecular weight is 366 g/mol. The Balaban J connectivity index is 1.66. The van der Waals surface area contributed by atoms with Crippen LogP contribution >= 0.6 is 0 Å². The maximum absolute atomic E-state index is 13.1. The number of aromatic nitrogens is 2. The van der Waals surface area contributed by atoms with Crippen LogP contribution < -0.4 is 10.6 Å². The van der Waals surface area contributed by atoms with E-state index in [1.807, 2.05) is 51.1 Å². The van der Waals surface area contributed by atoms with Crippen LogP contribution in [0.5, 0.6) is 0 Å². The van der Waals surface area contributed by atoms with Crippen LogP contribution in [0.2, 0.25) is 0 Å². The van der Waals surface area contributed by atoms with E-state index in [0.29, 0.717) is 0 Å². The number of nitrogens with zero attached hydrogens (tertiary/aromatic N) is 2. The third-order valence-corrected chi connectivity index (χ3v) is 4.58. The van der Waals surface area contributed by atoms with E-state index < -0.39 is 0 Å². The normalized spacial score (nSPS) is 13.0. The molecular formula is C21H23FN4O. The van der Waals surface area contributed by atoms with Gasteiger partial charge in [-0.05, 0) is 50.6 Å². The van der Waals surface area contributed by atoms with Gasteiger partial charge in [0.05, 0.1) is 24.0 Å². The number of benzene rings is 2. The molecule has 1 aromatic heterocycles. The smallest absolute Gasteiger partial charge is 0.315 e. The van der Waals surface area contributed by atoms with E-state index in [1.54, 1.807) is 23.0 Å². The second-order valence-corrected chi connectivity index (χ2v) is 6.55. The van der Waals surface area contributed by atoms with Crippen LogP contribution in [0.25, 0.3) is 5.69 Å². The largest absolute Gasteiger partial charge is 0.332 e. The molecule has 2 aromatic carbocycles. The molecule has 2 N–H and O–H groups in total. The van der Waals surface area contributed by atoms with Crippen LogP contribution in [0.15, 0.2) is 60.8 Å². The summed E-state index contributed by atoms with van der Waals surface area (Å²) in [6, 6.07) is 15.4. The topological polar surface area (TPSA) is 59.0 Å². The molecule has 2 atom stereocenters. The van der Waals surface area contributed by atoms with Crippen molar-refractivity contribution >= 4 is 6.03 Å². The molecule has 27 heavy (non-hydrogen) atoms. The first-order valence-electron chi connectivity index (χ1n) is 8.88. The van der Waals surface area contributed by atoms with Gasteiger partial charge in [0, 0.05) is 11.3 Å². The van der Waals surface area contributed by atoms with E-state index in [-0.39, 0.29) is 23.9 Å². The molecule has 0 aliphatic carbocycles. The Morgan fingerprint density at radius 2 is 1.63 bits per heavy atom. The van der Waals surface area contributed by atoms with Crippen molar-refractivity contribution in [2.24, 2.45) is 0 Å². The van der Waals surface area contributed by atoms with Crippen molar-refractivity contribution in [2.75, 3.05) is 0 Å². The zero-order chi connectivity index (χ0) is 19.4. The minimum absolute atomic E-state index is 0.0959. The van der Waals surface area contributed by atoms with Crippen molar-refractivity contribution < 1.29 is 9.18 Å². The summed E-state index contributed by atoms with van der Waals surface area (Å²) in [4.78, 5) is 12.3. The van der Waals surface area contributed by atoms with Gasteiger partial charge in [0.25, 0.3) is 0 Å². The Morgan fingerprint density at radius 3 is 2.30 bits per heavy atom. The molecular weight excluding hydrogens is 343 g/mol. The van der Waals surface area contributed by atoms with Crippen LogP contribution in [0.3, 0.4) is 0 Å². The number of amides is 2. The predicted octanol–water partition coefficient (Wildman–Crippen LogP) is 4.44. The fourth-order valence-corrected chi connectivity index (χ4v) is 3.03. The molecule has 3 aromatic rings. The van der Waals surface area contributed by atoms with Gasteiger partial charge >= 0.3 is 6.03 Å². The van der Waals surface area contributed by atoms with E-state index in [9.17, 15) is 9.18 Å². The molecule has 0 saturated heterocycles. The summed E-state index contributed by atoms with van der Waals surface area (Å²) >= 11 is 0. The number of hydrogen-bond donors (Lipinski definition) is 2. The van der Waals surface area contributed by atoms with Crippen molar-refractivity contribution in [2.45, 2.75) is 32.9 Å². The first-order valence-corrected chi connectivity index (χ1v) is 8.88. The van der Waals surface area contributed by atoms with Gasteiger partial charge in [-0.3, -0.25) is 0 Å². The quantitative estimate of drug-likeness (QED) is 0.701. The van der Waals surface area contributed by atoms with Crippen LogP contribution in [-0.4, -0.2) is 15.8 Å². The molecule has 140 valence electrons. The van der Waals surface area contributed by atoms with E-state index in [2.05, 4.69) is 15.7 Å². The third kappa shape index (κ3) is 4.34. The number of halogens is 1. The van der Waals surface area contributed by atoms with E-state index in [4.69, 9.17) is 0 Å². The molecule has 2 amide bonds. The molecule has 0 bridgehead atoms. The Hall–Kier alpha value is -3.15. The number of carbonyl (C=O) groups excluding carboxylic acids is 1. The summed E-state index contributed by atoms with van der Waals surface area (Å²) in [6.07, 6.45) is 1.73. The first-order chi connectivity index (χ1) is 13.0. The molecule has 0 saturated carbocycles. The van der Waals surface area contributed by atoms with Crippen LogP contribution in [0.1, 0.15) is 42.8 Å². The number of nitrogens with one attached hydrogen (secondary N) is 2. The van der Waals surface area contributed by atoms with Gasteiger partial charge in [-0.15, -0.1) is 0 Å². The lowest BCUT2D eigenvalue weighted by Gasteiger charge is -2.18. The third-order valence-electron chi connectivity index (χ3n) is 4.58. The molecule has 0 radical (unpaired) electrons. The lowest BCUT2D eigenvalue weighted by molar-refractivity contribution is 0.235. The van der Waals surface area contributed by atoms with Gasteiger partial charge in [0.15, 0.2) is 0 Å². The van der Waals surface area contributed by atoms with Crippen molar-refractivity contribution in [3.05, 3.63) is 83.4 Å². The molecule has 0 spiro atoms. The van der Waals surface area contributed by atoms with Gasteiger partial charge in [-0.25, -0.2) is 13.9 Å². The number of carbonyl (C=O) groups is 1. The molecule has 0 aliphatic rings. The average Bonchev–Trinajstić information content (AvgIpc) is 3.04. The predicted molar refractivity (Wildman–Crippen MR) is 103 cm³/mol. The highest BCUT2D eigenvalue weighted by molar-refractivity contribution is 5.75. The number of rotatable bonds is 5. The van der Waals surface area contributed by atoms with Gasteiger partial charge in [-0.1, -0.05) is 30.3 Å². The summed E-state index contributed by atoms with van der Waals surface area (Å²) in [5.41, 5.74) is 3.61. The lowest BCUT2D eigenvalue weighted by atomic mass is 10.1. The van der Waals surface area contributed by atoms with Crippen LogP contribution in [-0.2, 0) is 0 Å². The molecule has 6 heteroatoms. The zero-order valence-corrected chi connectivity index (χ0v) is 15.6. The second kappa shape index (κ2) is 8.03. The Bertz CT molecular complexity index is 906. The molecule has 0 aliphatic heterocycles. The Morgan fingerprint density at radius 1 is 1.00 bits per heavy atom. The van der Waals surface area contributed by atoms with Crippen molar-refractivity contribution in [1.29, 1.82) is 0 Å². The standard InChI is InChI=1S/C21H23FN4O/c1-14(17-7-5-4-6-8-17)24-21(27)25-15(2)20-13-23-26(16(20)3)19-11-9-18(22)10-12-19/h4-15H,1-3H3,(H2,24,25,27)/t14-,15+/m0/s1. The van der Waals surface area contributed by atoms with E-state index >= 15 is 0 Å². The van der Waals surface area contributed by atoms with Gasteiger partial charge in [-0.2, -0.15) is 5.10 Å². The van der Waals surface area contributed by atoms with E-state index in [1.165, 1.54) is 12.1 Å². The summed E-state index contributed by atoms with van der Waals surface area (Å²) in [6.45, 7) is 5.78. The van der Waals surface area contributed by atoms with Crippen molar-refractivity contribution in [3.8, 4) is 5.69 Å². The minimum Gasteiger partial charge on any atom is -0.332 e. The van der Waals surface area contributed by atoms with Crippen molar-refractivity contribution in [3.63, 3.8) is 0 Å². The molecule has 0 fully saturated rings. The summed E-state index contributed by atoms with van der Waals surface area (Å²) < 4.78 is 14.9. The maximum Gasteiger partial charge on any atom is 0.315 e. The van der Waals surface area contributed by atoms with Gasteiger partial charge in [0.1, 0.15) is 5.82 Å². The molecule has 3 rings (SSSR count). The highest BCUT2D eigenvalue weighted by Gasteiger charge is 2.17. The number of hydrogen-bond acceptors (Lipinski definition) is 2. The fraction of sp³-hybridized carbons (Fsp3) is 0.238. The lowest BCUT2D eigenvalue weighted by Crippen LogP contribution is -2.38. The second-order valence-electron chi connectivity index (χ2n) is 6.55. The SMILES string of the molecule is Cc1c([C@@H](C)NC(=O)N[C@@H](C)c2ccccc2)cnn1-c1ccc(F)cc1. The molecule has 5 nitrogen and oxygen atoms in total. The monoisotopic (exact) mass is 366 g/mol. The van der Waals surface area contributed by atoms with Crippen molar-refractivity contribution in [1.82, 2.24) is 20.4 Å². The summed E-state index contributed by atoms with van der Waals surface area (Å²) in [5, 5.41) is 10.3. The zero-order valence-electron chi connectivity index (χ0n) is 15.6. The minimum atomic E-state index is -0.289. The summed E-state index contributed by atoms with van der Waals surface area (Å²) in [5.74, 6) is -0.289. The maximum atomic E-state index is 13.1. The summed E-state index contributed by atoms with van der Waals surface area (Å²) in [7, 11) is 0. The molecule has 0 unspecified atom stereocenters. The first kappa shape index (κ1) is 18.6. The Kier molecular flexibility index (Phi) is 5.54. The Labute approximate surface area is 158 Å². The molecule has 1 heterocycles. The van der Waals surface area contributed by atoms with Crippen LogP contribution in [0, 0.1) is 12.7 Å². The van der Waals surface area contributed by atoms with Gasteiger partial charge < -0.3 is 10.6 Å². The highest BCUT2D eigenvalue weighted by atomic mass is 19.1. The number of urea groups is 1. The highest BCUT2D eigenvalue weighted by Crippen LogP contribution is 2.20. The fourth-order valence-electron chi connectivity index (χ4n) is 3.03. The van der Waals surface area contributed by atoms with Gasteiger partial charge in [0.2, 0.25) is 0 Å². The van der Waals surface area contributed by atoms with E-state index in [0.717, 1.165) is 22.5 Å².